The Labute approximate surface area is 135 Å². The number of sulfonamides is 1. The number of methoxy groups -OCH3 is 1. The van der Waals surface area contributed by atoms with Crippen LogP contribution in [0.2, 0.25) is 0 Å². The lowest BCUT2D eigenvalue weighted by molar-refractivity contribution is -0.385. The standard InChI is InChI=1S/C14H21N3O5S/c1-22-13-6-5-12(17(18)19)10-14(13)23(20,21)16-9-3-2-4-11(16)7-8-15/h5-6,10-11H,2-4,7-9,15H2,1H3. The maximum atomic E-state index is 13.0. The van der Waals surface area contributed by atoms with Crippen molar-refractivity contribution in [3.8, 4) is 5.75 Å². The summed E-state index contributed by atoms with van der Waals surface area (Å²) in [4.78, 5) is 10.2. The van der Waals surface area contributed by atoms with Crippen molar-refractivity contribution in [1.82, 2.24) is 4.31 Å². The maximum Gasteiger partial charge on any atom is 0.271 e. The SMILES string of the molecule is COc1ccc([N+](=O)[O-])cc1S(=O)(=O)N1CCCCC1CCN. The summed E-state index contributed by atoms with van der Waals surface area (Å²) in [6.45, 7) is 0.779. The van der Waals surface area contributed by atoms with Crippen molar-refractivity contribution < 1.29 is 18.1 Å². The van der Waals surface area contributed by atoms with Gasteiger partial charge in [-0.15, -0.1) is 0 Å². The summed E-state index contributed by atoms with van der Waals surface area (Å²) in [7, 11) is -2.54. The van der Waals surface area contributed by atoms with Gasteiger partial charge in [0.15, 0.2) is 0 Å². The van der Waals surface area contributed by atoms with E-state index >= 15 is 0 Å². The smallest absolute Gasteiger partial charge is 0.271 e. The average Bonchev–Trinajstić information content (AvgIpc) is 2.54. The van der Waals surface area contributed by atoms with E-state index < -0.39 is 14.9 Å². The van der Waals surface area contributed by atoms with Crippen molar-refractivity contribution in [3.05, 3.63) is 28.3 Å². The van der Waals surface area contributed by atoms with E-state index in [0.29, 0.717) is 19.5 Å². The molecule has 1 aliphatic rings. The monoisotopic (exact) mass is 343 g/mol. The Morgan fingerprint density at radius 1 is 1.43 bits per heavy atom. The largest absolute Gasteiger partial charge is 0.495 e. The van der Waals surface area contributed by atoms with Crippen LogP contribution in [0.5, 0.6) is 5.75 Å². The van der Waals surface area contributed by atoms with Crippen molar-refractivity contribution in [3.63, 3.8) is 0 Å². The summed E-state index contributed by atoms with van der Waals surface area (Å²) in [6.07, 6.45) is 3.02. The Hall–Kier alpha value is -1.71. The van der Waals surface area contributed by atoms with Crippen LogP contribution in [0.3, 0.4) is 0 Å². The molecule has 128 valence electrons. The van der Waals surface area contributed by atoms with E-state index in [1.807, 2.05) is 0 Å². The summed E-state index contributed by atoms with van der Waals surface area (Å²) < 4.78 is 32.5. The number of nitro benzene ring substituents is 1. The molecule has 23 heavy (non-hydrogen) atoms. The van der Waals surface area contributed by atoms with Crippen LogP contribution >= 0.6 is 0 Å². The highest BCUT2D eigenvalue weighted by molar-refractivity contribution is 7.89. The minimum atomic E-state index is -3.88. The van der Waals surface area contributed by atoms with Gasteiger partial charge in [0.25, 0.3) is 5.69 Å². The van der Waals surface area contributed by atoms with Gasteiger partial charge in [-0.05, 0) is 31.9 Å². The van der Waals surface area contributed by atoms with Crippen LogP contribution in [0.15, 0.2) is 23.1 Å². The molecule has 1 unspecified atom stereocenters. The van der Waals surface area contributed by atoms with Crippen LogP contribution in [0, 0.1) is 10.1 Å². The molecule has 2 N–H and O–H groups in total. The van der Waals surface area contributed by atoms with E-state index in [4.69, 9.17) is 10.5 Å². The summed E-state index contributed by atoms with van der Waals surface area (Å²) in [5, 5.41) is 11.0. The highest BCUT2D eigenvalue weighted by atomic mass is 32.2. The van der Waals surface area contributed by atoms with Gasteiger partial charge >= 0.3 is 0 Å². The minimum absolute atomic E-state index is 0.104. The Kier molecular flexibility index (Phi) is 5.55. The molecule has 0 saturated carbocycles. The van der Waals surface area contributed by atoms with E-state index in [9.17, 15) is 18.5 Å². The number of nitrogens with two attached hydrogens (primary N) is 1. The quantitative estimate of drug-likeness (QED) is 0.618. The van der Waals surface area contributed by atoms with Crippen molar-refractivity contribution in [2.45, 2.75) is 36.6 Å². The van der Waals surface area contributed by atoms with Crippen molar-refractivity contribution in [2.75, 3.05) is 20.2 Å². The van der Waals surface area contributed by atoms with Crippen LogP contribution in [-0.4, -0.2) is 43.9 Å². The van der Waals surface area contributed by atoms with Crippen LogP contribution in [0.1, 0.15) is 25.7 Å². The lowest BCUT2D eigenvalue weighted by Gasteiger charge is -2.34. The fraction of sp³-hybridized carbons (Fsp3) is 0.571. The normalized spacial score (nSPS) is 19.5. The highest BCUT2D eigenvalue weighted by Crippen LogP contribution is 2.34. The number of ether oxygens (including phenoxy) is 1. The Morgan fingerprint density at radius 3 is 2.78 bits per heavy atom. The number of nitrogens with zero attached hydrogens (tertiary/aromatic N) is 2. The zero-order chi connectivity index (χ0) is 17.0. The molecule has 0 spiro atoms. The zero-order valence-corrected chi connectivity index (χ0v) is 13.8. The number of nitro groups is 1. The number of non-ortho nitro benzene ring substituents is 1. The molecule has 9 heteroatoms. The third-order valence-corrected chi connectivity index (χ3v) is 5.99. The van der Waals surface area contributed by atoms with E-state index in [-0.39, 0.29) is 22.4 Å². The van der Waals surface area contributed by atoms with Crippen LogP contribution < -0.4 is 10.5 Å². The van der Waals surface area contributed by atoms with Gasteiger partial charge in [-0.1, -0.05) is 6.42 Å². The van der Waals surface area contributed by atoms with Crippen molar-refractivity contribution in [1.29, 1.82) is 0 Å². The molecule has 1 aliphatic heterocycles. The predicted octanol–water partition coefficient (Wildman–Crippen LogP) is 1.50. The Morgan fingerprint density at radius 2 is 2.17 bits per heavy atom. The van der Waals surface area contributed by atoms with Gasteiger partial charge in [0, 0.05) is 24.7 Å². The lowest BCUT2D eigenvalue weighted by atomic mass is 10.0. The van der Waals surface area contributed by atoms with Crippen LogP contribution in [0.4, 0.5) is 5.69 Å². The second-order valence-corrected chi connectivity index (χ2v) is 7.29. The molecule has 0 aromatic heterocycles. The average molecular weight is 343 g/mol. The number of piperidine rings is 1. The van der Waals surface area contributed by atoms with Crippen molar-refractivity contribution in [2.24, 2.45) is 5.73 Å². The molecule has 1 aromatic carbocycles. The van der Waals surface area contributed by atoms with Crippen LogP contribution in [0.25, 0.3) is 0 Å². The first-order valence-corrected chi connectivity index (χ1v) is 8.90. The fourth-order valence-corrected chi connectivity index (χ4v) is 4.78. The number of hydrogen-bond donors (Lipinski definition) is 1. The van der Waals surface area contributed by atoms with Gasteiger partial charge < -0.3 is 10.5 Å². The first-order chi connectivity index (χ1) is 10.9. The van der Waals surface area contributed by atoms with E-state index in [0.717, 1.165) is 25.3 Å². The fourth-order valence-electron chi connectivity index (χ4n) is 2.88. The molecule has 2 rings (SSSR count). The molecule has 0 bridgehead atoms. The van der Waals surface area contributed by atoms with E-state index in [1.165, 1.54) is 23.5 Å². The second-order valence-electron chi connectivity index (χ2n) is 5.43. The first-order valence-electron chi connectivity index (χ1n) is 7.46. The van der Waals surface area contributed by atoms with Gasteiger partial charge in [0.2, 0.25) is 10.0 Å². The van der Waals surface area contributed by atoms with Gasteiger partial charge in [0.05, 0.1) is 12.0 Å². The number of rotatable bonds is 6. The van der Waals surface area contributed by atoms with Gasteiger partial charge in [-0.3, -0.25) is 10.1 Å². The topological polar surface area (TPSA) is 116 Å². The van der Waals surface area contributed by atoms with E-state index in [2.05, 4.69) is 0 Å². The third-order valence-electron chi connectivity index (χ3n) is 4.02. The second kappa shape index (κ2) is 7.24. The van der Waals surface area contributed by atoms with Gasteiger partial charge in [-0.2, -0.15) is 4.31 Å². The summed E-state index contributed by atoms with van der Waals surface area (Å²) in [5.41, 5.74) is 5.31. The molecule has 1 aromatic rings. The maximum absolute atomic E-state index is 13.0. The predicted molar refractivity (Wildman–Crippen MR) is 84.9 cm³/mol. The Balaban J connectivity index is 2.48. The summed E-state index contributed by atoms with van der Waals surface area (Å²) in [5.74, 6) is 0.104. The van der Waals surface area contributed by atoms with Crippen molar-refractivity contribution >= 4 is 15.7 Å². The molecular formula is C14H21N3O5S. The zero-order valence-electron chi connectivity index (χ0n) is 13.0. The first kappa shape index (κ1) is 17.6. The summed E-state index contributed by atoms with van der Waals surface area (Å²) >= 11 is 0. The molecule has 8 nitrogen and oxygen atoms in total. The summed E-state index contributed by atoms with van der Waals surface area (Å²) in [6, 6.07) is 3.42. The molecule has 0 amide bonds. The minimum Gasteiger partial charge on any atom is -0.495 e. The third kappa shape index (κ3) is 3.62. The highest BCUT2D eigenvalue weighted by Gasteiger charge is 2.35. The molecular weight excluding hydrogens is 322 g/mol. The molecule has 1 atom stereocenters. The number of hydrogen-bond acceptors (Lipinski definition) is 6. The van der Waals surface area contributed by atoms with Gasteiger partial charge in [-0.25, -0.2) is 8.42 Å². The van der Waals surface area contributed by atoms with E-state index in [1.54, 1.807) is 0 Å². The Bertz CT molecular complexity index is 675. The molecule has 1 heterocycles. The molecule has 0 radical (unpaired) electrons. The van der Waals surface area contributed by atoms with Crippen LogP contribution in [-0.2, 0) is 10.0 Å². The van der Waals surface area contributed by atoms with Gasteiger partial charge in [0.1, 0.15) is 10.6 Å². The molecule has 0 aliphatic carbocycles. The molecule has 1 saturated heterocycles. The number of benzene rings is 1. The lowest BCUT2D eigenvalue weighted by Crippen LogP contribution is -2.44. The molecule has 1 fully saturated rings.